The van der Waals surface area contributed by atoms with Crippen LogP contribution in [0.25, 0.3) is 5.65 Å². The number of benzene rings is 1. The van der Waals surface area contributed by atoms with Crippen molar-refractivity contribution < 1.29 is 5.21 Å². The van der Waals surface area contributed by atoms with Crippen molar-refractivity contribution in [1.29, 1.82) is 0 Å². The molecule has 2 aromatic heterocycles. The van der Waals surface area contributed by atoms with Crippen molar-refractivity contribution in [2.24, 2.45) is 10.9 Å². The second-order valence-corrected chi connectivity index (χ2v) is 5.59. The Morgan fingerprint density at radius 3 is 2.90 bits per heavy atom. The highest BCUT2D eigenvalue weighted by atomic mass is 35.5. The van der Waals surface area contributed by atoms with E-state index >= 15 is 0 Å². The van der Waals surface area contributed by atoms with Crippen LogP contribution in [0.1, 0.15) is 5.56 Å². The predicted octanol–water partition coefficient (Wildman–Crippen LogP) is 2.63. The SMILES string of the molecule is NC(=NO)c1ccc(Sc2nnc3ccccn23)cc1Cl. The first kappa shape index (κ1) is 13.7. The van der Waals surface area contributed by atoms with Crippen molar-refractivity contribution >= 4 is 34.8 Å². The molecule has 1 aromatic carbocycles. The van der Waals surface area contributed by atoms with Gasteiger partial charge in [0.15, 0.2) is 16.6 Å². The van der Waals surface area contributed by atoms with Crippen molar-refractivity contribution in [3.05, 3.63) is 53.2 Å². The van der Waals surface area contributed by atoms with Crippen molar-refractivity contribution in [1.82, 2.24) is 14.6 Å². The van der Waals surface area contributed by atoms with Crippen LogP contribution in [0.15, 0.2) is 57.8 Å². The molecule has 0 bridgehead atoms. The molecule has 0 aliphatic rings. The van der Waals surface area contributed by atoms with Gasteiger partial charge in [0.1, 0.15) is 0 Å². The number of nitrogens with zero attached hydrogens (tertiary/aromatic N) is 4. The molecular weight excluding hydrogens is 310 g/mol. The summed E-state index contributed by atoms with van der Waals surface area (Å²) in [5.41, 5.74) is 6.80. The smallest absolute Gasteiger partial charge is 0.200 e. The molecule has 0 spiro atoms. The van der Waals surface area contributed by atoms with Crippen LogP contribution in [0.2, 0.25) is 5.02 Å². The first-order chi connectivity index (χ1) is 10.2. The highest BCUT2D eigenvalue weighted by Crippen LogP contribution is 2.30. The van der Waals surface area contributed by atoms with Gasteiger partial charge in [-0.3, -0.25) is 4.40 Å². The van der Waals surface area contributed by atoms with Gasteiger partial charge in [0.2, 0.25) is 0 Å². The van der Waals surface area contributed by atoms with Crippen LogP contribution < -0.4 is 5.73 Å². The molecule has 0 fully saturated rings. The number of fused-ring (bicyclic) bond motifs is 1. The maximum Gasteiger partial charge on any atom is 0.200 e. The van der Waals surface area contributed by atoms with Gasteiger partial charge in [-0.2, -0.15) is 0 Å². The fourth-order valence-corrected chi connectivity index (χ4v) is 3.02. The summed E-state index contributed by atoms with van der Waals surface area (Å²) in [6.07, 6.45) is 1.89. The van der Waals surface area contributed by atoms with Crippen LogP contribution in [0.4, 0.5) is 0 Å². The molecule has 2 heterocycles. The van der Waals surface area contributed by atoms with Gasteiger partial charge in [0.05, 0.1) is 5.02 Å². The van der Waals surface area contributed by atoms with Gasteiger partial charge in [0.25, 0.3) is 0 Å². The van der Waals surface area contributed by atoms with E-state index in [1.54, 1.807) is 12.1 Å². The summed E-state index contributed by atoms with van der Waals surface area (Å²) in [6.45, 7) is 0. The van der Waals surface area contributed by atoms with Gasteiger partial charge in [0, 0.05) is 16.7 Å². The maximum atomic E-state index is 8.69. The summed E-state index contributed by atoms with van der Waals surface area (Å²) >= 11 is 7.56. The summed E-state index contributed by atoms with van der Waals surface area (Å²) < 4.78 is 1.88. The van der Waals surface area contributed by atoms with E-state index in [1.165, 1.54) is 11.8 Å². The van der Waals surface area contributed by atoms with Crippen molar-refractivity contribution in [2.75, 3.05) is 0 Å². The van der Waals surface area contributed by atoms with Crippen LogP contribution in [0, 0.1) is 0 Å². The number of amidine groups is 1. The van der Waals surface area contributed by atoms with E-state index in [4.69, 9.17) is 22.5 Å². The Balaban J connectivity index is 1.94. The number of hydrogen-bond acceptors (Lipinski definition) is 5. The Morgan fingerprint density at radius 2 is 2.14 bits per heavy atom. The van der Waals surface area contributed by atoms with E-state index in [-0.39, 0.29) is 5.84 Å². The lowest BCUT2D eigenvalue weighted by molar-refractivity contribution is 0.318. The molecule has 0 aliphatic heterocycles. The van der Waals surface area contributed by atoms with Crippen LogP contribution in [0.3, 0.4) is 0 Å². The monoisotopic (exact) mass is 319 g/mol. The number of pyridine rings is 1. The molecule has 0 atom stereocenters. The first-order valence-corrected chi connectivity index (χ1v) is 7.13. The van der Waals surface area contributed by atoms with Gasteiger partial charge in [-0.15, -0.1) is 10.2 Å². The first-order valence-electron chi connectivity index (χ1n) is 5.94. The fraction of sp³-hybridized carbons (Fsp3) is 0. The number of halogens is 1. The van der Waals surface area contributed by atoms with Gasteiger partial charge in [-0.25, -0.2) is 0 Å². The van der Waals surface area contributed by atoms with Crippen LogP contribution in [-0.4, -0.2) is 25.6 Å². The highest BCUT2D eigenvalue weighted by Gasteiger charge is 2.10. The second-order valence-electron chi connectivity index (χ2n) is 4.14. The average molecular weight is 320 g/mol. The van der Waals surface area contributed by atoms with Crippen LogP contribution >= 0.6 is 23.4 Å². The number of oxime groups is 1. The second kappa shape index (κ2) is 5.63. The largest absolute Gasteiger partial charge is 0.409 e. The zero-order valence-electron chi connectivity index (χ0n) is 10.6. The standard InChI is InChI=1S/C13H10ClN5OS/c14-10-7-8(4-5-9(10)12(15)18-20)21-13-17-16-11-3-1-2-6-19(11)13/h1-7,20H,(H2,15,18). The highest BCUT2D eigenvalue weighted by molar-refractivity contribution is 7.99. The molecule has 0 saturated heterocycles. The van der Waals surface area contributed by atoms with E-state index in [9.17, 15) is 0 Å². The summed E-state index contributed by atoms with van der Waals surface area (Å²) in [5.74, 6) is -0.0236. The Hall–Kier alpha value is -2.25. The molecule has 3 rings (SSSR count). The topological polar surface area (TPSA) is 88.8 Å². The molecule has 3 aromatic rings. The Kier molecular flexibility index (Phi) is 3.68. The fourth-order valence-electron chi connectivity index (χ4n) is 1.82. The van der Waals surface area contributed by atoms with E-state index < -0.39 is 0 Å². The molecule has 0 aliphatic carbocycles. The van der Waals surface area contributed by atoms with Crippen molar-refractivity contribution in [3.63, 3.8) is 0 Å². The van der Waals surface area contributed by atoms with Gasteiger partial charge < -0.3 is 10.9 Å². The zero-order chi connectivity index (χ0) is 14.8. The van der Waals surface area contributed by atoms with Crippen molar-refractivity contribution in [2.45, 2.75) is 10.1 Å². The van der Waals surface area contributed by atoms with E-state index in [0.717, 1.165) is 15.7 Å². The molecule has 0 radical (unpaired) electrons. The van der Waals surface area contributed by atoms with Gasteiger partial charge >= 0.3 is 0 Å². The molecule has 0 saturated carbocycles. The van der Waals surface area contributed by atoms with E-state index in [1.807, 2.05) is 34.9 Å². The third-order valence-corrected chi connectivity index (χ3v) is 4.08. The van der Waals surface area contributed by atoms with Crippen molar-refractivity contribution in [3.8, 4) is 0 Å². The summed E-state index contributed by atoms with van der Waals surface area (Å²) in [5, 5.41) is 21.0. The number of nitrogens with two attached hydrogens (primary N) is 1. The molecule has 3 N–H and O–H groups in total. The summed E-state index contributed by atoms with van der Waals surface area (Å²) in [4.78, 5) is 0.882. The lowest BCUT2D eigenvalue weighted by Crippen LogP contribution is -2.13. The lowest BCUT2D eigenvalue weighted by Gasteiger charge is -2.05. The Labute approximate surface area is 129 Å². The zero-order valence-corrected chi connectivity index (χ0v) is 12.2. The molecule has 8 heteroatoms. The van der Waals surface area contributed by atoms with E-state index in [2.05, 4.69) is 15.4 Å². The minimum Gasteiger partial charge on any atom is -0.409 e. The molecular formula is C13H10ClN5OS. The van der Waals surface area contributed by atoms with Crippen LogP contribution in [-0.2, 0) is 0 Å². The number of hydrogen-bond donors (Lipinski definition) is 2. The van der Waals surface area contributed by atoms with E-state index in [0.29, 0.717) is 10.6 Å². The summed E-state index contributed by atoms with van der Waals surface area (Å²) in [7, 11) is 0. The third kappa shape index (κ3) is 2.65. The minimum atomic E-state index is -0.0236. The third-order valence-electron chi connectivity index (χ3n) is 2.82. The van der Waals surface area contributed by atoms with Gasteiger partial charge in [-0.05, 0) is 42.1 Å². The number of rotatable bonds is 3. The normalized spacial score (nSPS) is 12.0. The van der Waals surface area contributed by atoms with Gasteiger partial charge in [-0.1, -0.05) is 22.8 Å². The van der Waals surface area contributed by atoms with Crippen LogP contribution in [0.5, 0.6) is 0 Å². The molecule has 21 heavy (non-hydrogen) atoms. The molecule has 0 unspecified atom stereocenters. The minimum absolute atomic E-state index is 0.0236. The summed E-state index contributed by atoms with van der Waals surface area (Å²) in [6, 6.07) is 11.0. The maximum absolute atomic E-state index is 8.69. The number of aromatic nitrogens is 3. The predicted molar refractivity (Wildman–Crippen MR) is 81.1 cm³/mol. The lowest BCUT2D eigenvalue weighted by atomic mass is 10.2. The molecule has 6 nitrogen and oxygen atoms in total. The molecule has 106 valence electrons. The Morgan fingerprint density at radius 1 is 1.29 bits per heavy atom. The Bertz CT molecular complexity index is 832. The quantitative estimate of drug-likeness (QED) is 0.335. The average Bonchev–Trinajstić information content (AvgIpc) is 2.90. The molecule has 0 amide bonds.